The Balaban J connectivity index is 2.01. The molecule has 7 heteroatoms. The van der Waals surface area contributed by atoms with Crippen molar-refractivity contribution >= 4 is 11.3 Å². The molecule has 3 heterocycles. The van der Waals surface area contributed by atoms with Crippen LogP contribution in [0.15, 0.2) is 37.4 Å². The van der Waals surface area contributed by atoms with Crippen LogP contribution >= 0.6 is 11.3 Å². The normalized spacial score (nSPS) is 10.9. The van der Waals surface area contributed by atoms with Crippen LogP contribution in [-0.4, -0.2) is 14.9 Å². The fourth-order valence-corrected chi connectivity index (χ4v) is 2.36. The van der Waals surface area contributed by atoms with Crippen LogP contribution in [0.2, 0.25) is 0 Å². The van der Waals surface area contributed by atoms with E-state index in [0.717, 1.165) is 4.88 Å². The van der Waals surface area contributed by atoms with Crippen LogP contribution in [-0.2, 0) is 6.54 Å². The predicted octanol–water partition coefficient (Wildman–Crippen LogP) is 1.91. The van der Waals surface area contributed by atoms with Crippen LogP contribution in [0.1, 0.15) is 11.5 Å². The van der Waals surface area contributed by atoms with Gasteiger partial charge in [0.2, 0.25) is 0 Å². The van der Waals surface area contributed by atoms with Gasteiger partial charge in [-0.05, 0) is 18.4 Å². The van der Waals surface area contributed by atoms with E-state index in [0.29, 0.717) is 17.3 Å². The van der Waals surface area contributed by atoms with Gasteiger partial charge in [0.1, 0.15) is 11.5 Å². The van der Waals surface area contributed by atoms with Crippen LogP contribution < -0.4 is 5.76 Å². The minimum Gasteiger partial charge on any atom is -0.361 e. The second-order valence-electron chi connectivity index (χ2n) is 3.76. The minimum atomic E-state index is -0.501. The molecule has 3 rings (SSSR count). The molecule has 0 saturated carbocycles. The van der Waals surface area contributed by atoms with Crippen molar-refractivity contribution in [1.29, 1.82) is 0 Å². The molecule has 0 bridgehead atoms. The van der Waals surface area contributed by atoms with Gasteiger partial charge in [0.25, 0.3) is 0 Å². The first-order valence-corrected chi connectivity index (χ1v) is 6.14. The summed E-state index contributed by atoms with van der Waals surface area (Å²) in [6.45, 7) is 2.08. The highest BCUT2D eigenvalue weighted by molar-refractivity contribution is 7.13. The van der Waals surface area contributed by atoms with E-state index in [2.05, 4.69) is 10.3 Å². The lowest BCUT2D eigenvalue weighted by atomic mass is 10.3. The second kappa shape index (κ2) is 4.26. The third-order valence-corrected chi connectivity index (χ3v) is 3.29. The van der Waals surface area contributed by atoms with Gasteiger partial charge in [-0.1, -0.05) is 16.4 Å². The standard InChI is InChI=1S/C11H9N3O3S/c1-7-5-8(12-16-7)6-14-10(13-17-11(14)15)9-3-2-4-18-9/h2-5H,6H2,1H3. The Bertz CT molecular complexity index is 708. The molecule has 0 aliphatic carbocycles. The lowest BCUT2D eigenvalue weighted by Crippen LogP contribution is -2.16. The number of hydrogen-bond donors (Lipinski definition) is 0. The van der Waals surface area contributed by atoms with Crippen LogP contribution in [0.25, 0.3) is 10.7 Å². The molecular weight excluding hydrogens is 254 g/mol. The lowest BCUT2D eigenvalue weighted by molar-refractivity contribution is 0.373. The Labute approximate surface area is 105 Å². The van der Waals surface area contributed by atoms with Crippen molar-refractivity contribution in [3.63, 3.8) is 0 Å². The van der Waals surface area contributed by atoms with Crippen molar-refractivity contribution in [2.45, 2.75) is 13.5 Å². The largest absolute Gasteiger partial charge is 0.442 e. The molecule has 0 spiro atoms. The van der Waals surface area contributed by atoms with Gasteiger partial charge in [0, 0.05) is 6.07 Å². The van der Waals surface area contributed by atoms with Gasteiger partial charge in [0.05, 0.1) is 11.4 Å². The summed E-state index contributed by atoms with van der Waals surface area (Å²) in [6, 6.07) is 5.55. The lowest BCUT2D eigenvalue weighted by Gasteiger charge is -1.98. The molecule has 6 nitrogen and oxygen atoms in total. The number of aryl methyl sites for hydroxylation is 1. The van der Waals surface area contributed by atoms with Crippen molar-refractivity contribution in [3.05, 3.63) is 45.6 Å². The van der Waals surface area contributed by atoms with Crippen molar-refractivity contribution in [2.24, 2.45) is 0 Å². The van der Waals surface area contributed by atoms with Crippen LogP contribution in [0.5, 0.6) is 0 Å². The summed E-state index contributed by atoms with van der Waals surface area (Å²) in [6.07, 6.45) is 0. The summed E-state index contributed by atoms with van der Waals surface area (Å²) in [7, 11) is 0. The first-order chi connectivity index (χ1) is 8.74. The Kier molecular flexibility index (Phi) is 2.60. The molecule has 0 saturated heterocycles. The second-order valence-corrected chi connectivity index (χ2v) is 4.71. The monoisotopic (exact) mass is 263 g/mol. The third kappa shape index (κ3) is 1.88. The van der Waals surface area contributed by atoms with E-state index < -0.39 is 5.76 Å². The molecular formula is C11H9N3O3S. The Morgan fingerprint density at radius 1 is 1.39 bits per heavy atom. The van der Waals surface area contributed by atoms with E-state index >= 15 is 0 Å². The first-order valence-electron chi connectivity index (χ1n) is 5.26. The number of thiophene rings is 1. The van der Waals surface area contributed by atoms with Crippen LogP contribution in [0, 0.1) is 6.92 Å². The molecule has 0 unspecified atom stereocenters. The van der Waals surface area contributed by atoms with E-state index in [4.69, 9.17) is 9.05 Å². The summed E-state index contributed by atoms with van der Waals surface area (Å²) in [5.74, 6) is 0.710. The maximum absolute atomic E-state index is 11.6. The molecule has 0 aliphatic heterocycles. The summed E-state index contributed by atoms with van der Waals surface area (Å²) in [4.78, 5) is 12.5. The van der Waals surface area contributed by atoms with Crippen molar-refractivity contribution in [1.82, 2.24) is 14.9 Å². The third-order valence-electron chi connectivity index (χ3n) is 2.42. The summed E-state index contributed by atoms with van der Waals surface area (Å²) < 4.78 is 11.1. The van der Waals surface area contributed by atoms with Crippen LogP contribution in [0.3, 0.4) is 0 Å². The van der Waals surface area contributed by atoms with Gasteiger partial charge in [-0.15, -0.1) is 11.3 Å². The number of rotatable bonds is 3. The summed E-state index contributed by atoms with van der Waals surface area (Å²) >= 11 is 1.49. The molecule has 3 aromatic rings. The van der Waals surface area contributed by atoms with E-state index in [1.54, 1.807) is 13.0 Å². The Hall–Kier alpha value is -2.15. The molecule has 3 aromatic heterocycles. The molecule has 0 amide bonds. The zero-order valence-corrected chi connectivity index (χ0v) is 10.3. The Morgan fingerprint density at radius 3 is 2.94 bits per heavy atom. The molecule has 0 N–H and O–H groups in total. The van der Waals surface area contributed by atoms with E-state index in [-0.39, 0.29) is 6.54 Å². The maximum Gasteiger partial charge on any atom is 0.442 e. The molecule has 92 valence electrons. The van der Waals surface area contributed by atoms with Gasteiger partial charge in [0.15, 0.2) is 5.82 Å². The quantitative estimate of drug-likeness (QED) is 0.721. The zero-order valence-electron chi connectivity index (χ0n) is 9.49. The highest BCUT2D eigenvalue weighted by Crippen LogP contribution is 2.22. The number of aromatic nitrogens is 3. The average Bonchev–Trinajstić information content (AvgIpc) is 3.03. The van der Waals surface area contributed by atoms with Gasteiger partial charge in [-0.25, -0.2) is 9.36 Å². The number of nitrogens with zero attached hydrogens (tertiary/aromatic N) is 3. The zero-order chi connectivity index (χ0) is 12.5. The van der Waals surface area contributed by atoms with Crippen molar-refractivity contribution < 1.29 is 9.05 Å². The van der Waals surface area contributed by atoms with E-state index in [1.807, 2.05) is 17.5 Å². The summed E-state index contributed by atoms with van der Waals surface area (Å²) in [5, 5.41) is 9.56. The minimum absolute atomic E-state index is 0.285. The van der Waals surface area contributed by atoms with E-state index in [9.17, 15) is 4.79 Å². The van der Waals surface area contributed by atoms with Gasteiger partial charge >= 0.3 is 5.76 Å². The first kappa shape index (κ1) is 11.0. The molecule has 0 fully saturated rings. The van der Waals surface area contributed by atoms with Crippen molar-refractivity contribution in [2.75, 3.05) is 0 Å². The molecule has 0 aromatic carbocycles. The van der Waals surface area contributed by atoms with E-state index in [1.165, 1.54) is 15.9 Å². The summed E-state index contributed by atoms with van der Waals surface area (Å²) in [5.41, 5.74) is 0.663. The van der Waals surface area contributed by atoms with Gasteiger partial charge in [-0.3, -0.25) is 4.52 Å². The Morgan fingerprint density at radius 2 is 2.28 bits per heavy atom. The fourth-order valence-electron chi connectivity index (χ4n) is 1.65. The van der Waals surface area contributed by atoms with Gasteiger partial charge in [-0.2, -0.15) is 0 Å². The fraction of sp³-hybridized carbons (Fsp3) is 0.182. The topological polar surface area (TPSA) is 74.1 Å². The number of hydrogen-bond acceptors (Lipinski definition) is 6. The highest BCUT2D eigenvalue weighted by Gasteiger charge is 2.15. The molecule has 18 heavy (non-hydrogen) atoms. The van der Waals surface area contributed by atoms with Gasteiger partial charge < -0.3 is 4.52 Å². The smallest absolute Gasteiger partial charge is 0.361 e. The van der Waals surface area contributed by atoms with Crippen molar-refractivity contribution in [3.8, 4) is 10.7 Å². The predicted molar refractivity (Wildman–Crippen MR) is 64.4 cm³/mol. The molecule has 0 aliphatic rings. The SMILES string of the molecule is Cc1cc(Cn2c(-c3cccs3)noc2=O)no1. The molecule has 0 atom stereocenters. The maximum atomic E-state index is 11.6. The molecule has 0 radical (unpaired) electrons. The van der Waals surface area contributed by atoms with Crippen LogP contribution in [0.4, 0.5) is 0 Å². The average molecular weight is 263 g/mol. The highest BCUT2D eigenvalue weighted by atomic mass is 32.1.